The predicted octanol–water partition coefficient (Wildman–Crippen LogP) is 2.78. The molecule has 1 aromatic carbocycles. The molecule has 0 aliphatic carbocycles. The van der Waals surface area contributed by atoms with Gasteiger partial charge in [0.05, 0.1) is 5.69 Å². The molecule has 3 aromatic rings. The molecular formula is C19H18N4O2. The molecule has 1 aliphatic heterocycles. The van der Waals surface area contributed by atoms with Crippen LogP contribution in [0.3, 0.4) is 0 Å². The number of aromatic carboxylic acids is 1. The summed E-state index contributed by atoms with van der Waals surface area (Å²) in [6.07, 6.45) is 3.22. The molecule has 0 spiro atoms. The Balaban J connectivity index is 1.64. The number of benzene rings is 1. The molecule has 0 bridgehead atoms. The van der Waals surface area contributed by atoms with Crippen molar-refractivity contribution in [3.8, 4) is 11.3 Å². The monoisotopic (exact) mass is 334 g/mol. The molecule has 1 aliphatic rings. The van der Waals surface area contributed by atoms with Crippen LogP contribution in [0.25, 0.3) is 11.3 Å². The molecule has 126 valence electrons. The zero-order chi connectivity index (χ0) is 17.2. The van der Waals surface area contributed by atoms with Crippen LogP contribution in [0.1, 0.15) is 21.6 Å². The highest BCUT2D eigenvalue weighted by molar-refractivity contribution is 5.93. The highest BCUT2D eigenvalue weighted by atomic mass is 16.4. The maximum Gasteiger partial charge on any atom is 0.339 e. The van der Waals surface area contributed by atoms with Crippen molar-refractivity contribution in [2.24, 2.45) is 0 Å². The molecule has 25 heavy (non-hydrogen) atoms. The molecule has 0 atom stereocenters. The molecule has 2 aromatic heterocycles. The summed E-state index contributed by atoms with van der Waals surface area (Å²) in [5.74, 6) is -0.410. The average Bonchev–Trinajstić information content (AvgIpc) is 2.94. The van der Waals surface area contributed by atoms with Gasteiger partial charge in [0.25, 0.3) is 0 Å². The van der Waals surface area contributed by atoms with Gasteiger partial charge in [-0.1, -0.05) is 30.3 Å². The lowest BCUT2D eigenvalue weighted by Crippen LogP contribution is -2.29. The number of carbonyl (C=O) groups is 1. The van der Waals surface area contributed by atoms with Gasteiger partial charge in [-0.2, -0.15) is 5.10 Å². The number of pyridine rings is 1. The Bertz CT molecular complexity index is 905. The second-order valence-electron chi connectivity index (χ2n) is 6.06. The van der Waals surface area contributed by atoms with Gasteiger partial charge in [-0.15, -0.1) is 0 Å². The number of anilines is 1. The molecule has 3 heterocycles. The van der Waals surface area contributed by atoms with Crippen LogP contribution in [0.15, 0.2) is 48.7 Å². The van der Waals surface area contributed by atoms with Gasteiger partial charge in [0.15, 0.2) is 0 Å². The lowest BCUT2D eigenvalue weighted by Gasteiger charge is -2.22. The number of nitrogens with zero attached hydrogens (tertiary/aromatic N) is 3. The highest BCUT2D eigenvalue weighted by Crippen LogP contribution is 2.28. The van der Waals surface area contributed by atoms with Gasteiger partial charge in [0, 0.05) is 42.5 Å². The fraction of sp³-hybridized carbons (Fsp3) is 0.211. The van der Waals surface area contributed by atoms with E-state index in [9.17, 15) is 9.90 Å². The van der Waals surface area contributed by atoms with Crippen LogP contribution in [0.4, 0.5) is 5.82 Å². The smallest absolute Gasteiger partial charge is 0.339 e. The second-order valence-corrected chi connectivity index (χ2v) is 6.06. The topological polar surface area (TPSA) is 82.1 Å². The number of fused-ring (bicyclic) bond motifs is 1. The quantitative estimate of drug-likeness (QED) is 0.770. The first-order valence-corrected chi connectivity index (χ1v) is 8.29. The first-order valence-electron chi connectivity index (χ1n) is 8.29. The summed E-state index contributed by atoms with van der Waals surface area (Å²) >= 11 is 0. The molecule has 6 nitrogen and oxygen atoms in total. The number of carboxylic acids is 1. The van der Waals surface area contributed by atoms with E-state index >= 15 is 0 Å². The van der Waals surface area contributed by atoms with Gasteiger partial charge in [-0.3, -0.25) is 5.10 Å². The van der Waals surface area contributed by atoms with Gasteiger partial charge in [-0.25, -0.2) is 9.78 Å². The number of aromatic amines is 1. The van der Waals surface area contributed by atoms with Crippen LogP contribution in [0.2, 0.25) is 0 Å². The fourth-order valence-corrected chi connectivity index (χ4v) is 3.35. The number of hydrogen-bond donors (Lipinski definition) is 2. The average molecular weight is 334 g/mol. The minimum absolute atomic E-state index is 0.245. The van der Waals surface area contributed by atoms with Crippen molar-refractivity contribution < 1.29 is 9.90 Å². The summed E-state index contributed by atoms with van der Waals surface area (Å²) in [6.45, 7) is 1.42. The Morgan fingerprint density at radius 2 is 1.88 bits per heavy atom. The van der Waals surface area contributed by atoms with E-state index in [1.807, 2.05) is 23.1 Å². The third kappa shape index (κ3) is 2.87. The summed E-state index contributed by atoms with van der Waals surface area (Å²) in [7, 11) is 0. The standard InChI is InChI=1S/C19H18N4O2/c24-19(25)15-7-4-10-20-18(15)23-11-8-14-16(9-12-23)21-22-17(14)13-5-2-1-3-6-13/h1-7,10H,8-9,11-12H2,(H,21,22)(H,24,25). The van der Waals surface area contributed by atoms with Crippen LogP contribution in [-0.4, -0.2) is 39.3 Å². The normalized spacial score (nSPS) is 14.0. The van der Waals surface area contributed by atoms with E-state index < -0.39 is 5.97 Å². The SMILES string of the molecule is O=C(O)c1cccnc1N1CCc2[nH]nc(-c3ccccc3)c2CC1. The zero-order valence-electron chi connectivity index (χ0n) is 13.6. The third-order valence-electron chi connectivity index (χ3n) is 4.58. The van der Waals surface area contributed by atoms with E-state index in [0.717, 1.165) is 29.8 Å². The largest absolute Gasteiger partial charge is 0.478 e. The summed E-state index contributed by atoms with van der Waals surface area (Å²) in [4.78, 5) is 17.8. The number of carboxylic acid groups (broad SMARTS) is 1. The molecule has 0 unspecified atom stereocenters. The van der Waals surface area contributed by atoms with Crippen molar-refractivity contribution in [2.45, 2.75) is 12.8 Å². The molecule has 0 fully saturated rings. The highest BCUT2D eigenvalue weighted by Gasteiger charge is 2.23. The van der Waals surface area contributed by atoms with Crippen LogP contribution in [0, 0.1) is 0 Å². The molecule has 2 N–H and O–H groups in total. The molecule has 4 rings (SSSR count). The third-order valence-corrected chi connectivity index (χ3v) is 4.58. The zero-order valence-corrected chi connectivity index (χ0v) is 13.6. The van der Waals surface area contributed by atoms with Crippen molar-refractivity contribution in [3.63, 3.8) is 0 Å². The van der Waals surface area contributed by atoms with E-state index in [0.29, 0.717) is 18.9 Å². The number of aromatic nitrogens is 3. The number of H-pyrrole nitrogens is 1. The summed E-state index contributed by atoms with van der Waals surface area (Å²) in [5, 5.41) is 17.1. The van der Waals surface area contributed by atoms with Crippen LogP contribution in [0.5, 0.6) is 0 Å². The fourth-order valence-electron chi connectivity index (χ4n) is 3.35. The summed E-state index contributed by atoms with van der Waals surface area (Å²) in [5.41, 5.74) is 4.65. The Morgan fingerprint density at radius 1 is 1.08 bits per heavy atom. The summed E-state index contributed by atoms with van der Waals surface area (Å²) in [6, 6.07) is 13.4. The maximum atomic E-state index is 11.5. The number of rotatable bonds is 3. The van der Waals surface area contributed by atoms with Crippen molar-refractivity contribution >= 4 is 11.8 Å². The van der Waals surface area contributed by atoms with Gasteiger partial charge < -0.3 is 10.0 Å². The molecule has 0 saturated heterocycles. The van der Waals surface area contributed by atoms with Crippen LogP contribution < -0.4 is 4.90 Å². The Hall–Kier alpha value is -3.15. The molecule has 0 radical (unpaired) electrons. The molecular weight excluding hydrogens is 316 g/mol. The second kappa shape index (κ2) is 6.39. The molecule has 0 amide bonds. The minimum Gasteiger partial charge on any atom is -0.478 e. The van der Waals surface area contributed by atoms with E-state index in [-0.39, 0.29) is 5.56 Å². The van der Waals surface area contributed by atoms with Crippen molar-refractivity contribution in [3.05, 3.63) is 65.5 Å². The predicted molar refractivity (Wildman–Crippen MR) is 94.8 cm³/mol. The van der Waals surface area contributed by atoms with Crippen molar-refractivity contribution in [1.29, 1.82) is 0 Å². The first kappa shape index (κ1) is 15.4. The van der Waals surface area contributed by atoms with Crippen molar-refractivity contribution in [1.82, 2.24) is 15.2 Å². The van der Waals surface area contributed by atoms with Crippen LogP contribution >= 0.6 is 0 Å². The summed E-state index contributed by atoms with van der Waals surface area (Å²) < 4.78 is 0. The lowest BCUT2D eigenvalue weighted by atomic mass is 10.0. The molecule has 6 heteroatoms. The van der Waals surface area contributed by atoms with Crippen LogP contribution in [-0.2, 0) is 12.8 Å². The van der Waals surface area contributed by atoms with E-state index in [4.69, 9.17) is 0 Å². The maximum absolute atomic E-state index is 11.5. The minimum atomic E-state index is -0.947. The Morgan fingerprint density at radius 3 is 2.68 bits per heavy atom. The van der Waals surface area contributed by atoms with Gasteiger partial charge in [0.2, 0.25) is 0 Å². The van der Waals surface area contributed by atoms with E-state index in [2.05, 4.69) is 27.3 Å². The van der Waals surface area contributed by atoms with Gasteiger partial charge in [0.1, 0.15) is 11.4 Å². The van der Waals surface area contributed by atoms with Crippen molar-refractivity contribution in [2.75, 3.05) is 18.0 Å². The van der Waals surface area contributed by atoms with Gasteiger partial charge in [-0.05, 0) is 18.6 Å². The Labute approximate surface area is 145 Å². The Kier molecular flexibility index (Phi) is 3.93. The lowest BCUT2D eigenvalue weighted by molar-refractivity contribution is 0.0697. The van der Waals surface area contributed by atoms with Gasteiger partial charge >= 0.3 is 5.97 Å². The number of hydrogen-bond acceptors (Lipinski definition) is 4. The molecule has 0 saturated carbocycles. The first-order chi connectivity index (χ1) is 12.2. The van der Waals surface area contributed by atoms with E-state index in [1.165, 1.54) is 5.56 Å². The van der Waals surface area contributed by atoms with E-state index in [1.54, 1.807) is 18.3 Å². The number of nitrogens with one attached hydrogen (secondary N) is 1.